The summed E-state index contributed by atoms with van der Waals surface area (Å²) in [5, 5.41) is 4.67. The van der Waals surface area contributed by atoms with E-state index in [1.165, 1.54) is 0 Å². The molecule has 4 rings (SSSR count). The minimum absolute atomic E-state index is 0.365. The molecule has 0 atom stereocenters. The van der Waals surface area contributed by atoms with E-state index in [0.717, 1.165) is 27.9 Å². The zero-order chi connectivity index (χ0) is 19.3. The summed E-state index contributed by atoms with van der Waals surface area (Å²) in [5.74, 6) is 1.89. The van der Waals surface area contributed by atoms with Crippen molar-refractivity contribution in [2.75, 3.05) is 12.4 Å². The monoisotopic (exact) mass is 391 g/mol. The van der Waals surface area contributed by atoms with E-state index in [9.17, 15) is 0 Å². The minimum Gasteiger partial charge on any atom is -0.496 e. The number of halogens is 1. The summed E-state index contributed by atoms with van der Waals surface area (Å²) >= 11 is 6.39. The summed E-state index contributed by atoms with van der Waals surface area (Å²) in [5.41, 5.74) is 2.61. The number of methoxy groups -OCH3 is 1. The molecule has 0 amide bonds. The van der Waals surface area contributed by atoms with Crippen LogP contribution in [0.4, 0.5) is 11.6 Å². The highest BCUT2D eigenvalue weighted by atomic mass is 35.5. The first-order valence-electron chi connectivity index (χ1n) is 8.76. The standard InChI is InChI=1S/C22H18ClN3O2/c1-27-20-9-5-3-7-16(20)14-28-21-11-10-17(12-18(21)23)25-22-24-13-15-6-2-4-8-19(15)26-22/h2-13H,14H2,1H3,(H,24,25,26). The lowest BCUT2D eigenvalue weighted by molar-refractivity contribution is 0.297. The van der Waals surface area contributed by atoms with E-state index in [1.807, 2.05) is 60.7 Å². The van der Waals surface area contributed by atoms with Crippen LogP contribution in [0.15, 0.2) is 72.9 Å². The van der Waals surface area contributed by atoms with Gasteiger partial charge >= 0.3 is 0 Å². The van der Waals surface area contributed by atoms with Crippen LogP contribution in [0.25, 0.3) is 10.9 Å². The molecule has 0 saturated carbocycles. The molecule has 0 aliphatic rings. The number of benzene rings is 3. The van der Waals surface area contributed by atoms with Gasteiger partial charge in [-0.25, -0.2) is 9.97 Å². The molecule has 1 heterocycles. The van der Waals surface area contributed by atoms with E-state index in [2.05, 4.69) is 15.3 Å². The molecule has 0 fully saturated rings. The van der Waals surface area contributed by atoms with Crippen molar-refractivity contribution in [2.45, 2.75) is 6.61 Å². The predicted molar refractivity (Wildman–Crippen MR) is 112 cm³/mol. The highest BCUT2D eigenvalue weighted by molar-refractivity contribution is 6.32. The van der Waals surface area contributed by atoms with Crippen LogP contribution >= 0.6 is 11.6 Å². The van der Waals surface area contributed by atoms with Crippen molar-refractivity contribution in [2.24, 2.45) is 0 Å². The number of nitrogens with one attached hydrogen (secondary N) is 1. The van der Waals surface area contributed by atoms with Gasteiger partial charge in [-0.05, 0) is 30.3 Å². The summed E-state index contributed by atoms with van der Waals surface area (Å²) < 4.78 is 11.2. The average Bonchev–Trinajstić information content (AvgIpc) is 2.73. The van der Waals surface area contributed by atoms with Gasteiger partial charge in [0.05, 0.1) is 17.6 Å². The second kappa shape index (κ2) is 8.15. The molecular weight excluding hydrogens is 374 g/mol. The number of aromatic nitrogens is 2. The van der Waals surface area contributed by atoms with Gasteiger partial charge in [0.1, 0.15) is 18.1 Å². The third kappa shape index (κ3) is 4.00. The van der Waals surface area contributed by atoms with E-state index in [-0.39, 0.29) is 0 Å². The summed E-state index contributed by atoms with van der Waals surface area (Å²) in [4.78, 5) is 8.85. The van der Waals surface area contributed by atoms with E-state index in [0.29, 0.717) is 23.3 Å². The fourth-order valence-electron chi connectivity index (χ4n) is 2.83. The van der Waals surface area contributed by atoms with Crippen LogP contribution in [0.3, 0.4) is 0 Å². The molecule has 5 nitrogen and oxygen atoms in total. The maximum atomic E-state index is 6.39. The van der Waals surface area contributed by atoms with Gasteiger partial charge in [0.25, 0.3) is 0 Å². The summed E-state index contributed by atoms with van der Waals surface area (Å²) in [7, 11) is 1.64. The molecule has 140 valence electrons. The van der Waals surface area contributed by atoms with Gasteiger partial charge in [0, 0.05) is 22.8 Å². The van der Waals surface area contributed by atoms with Crippen molar-refractivity contribution in [3.8, 4) is 11.5 Å². The molecule has 6 heteroatoms. The van der Waals surface area contributed by atoms with Crippen LogP contribution < -0.4 is 14.8 Å². The molecule has 1 N–H and O–H groups in total. The van der Waals surface area contributed by atoms with Gasteiger partial charge in [-0.3, -0.25) is 0 Å². The molecule has 0 aliphatic carbocycles. The van der Waals surface area contributed by atoms with Crippen molar-refractivity contribution in [1.82, 2.24) is 9.97 Å². The van der Waals surface area contributed by atoms with Crippen LogP contribution in [-0.4, -0.2) is 17.1 Å². The van der Waals surface area contributed by atoms with Crippen molar-refractivity contribution < 1.29 is 9.47 Å². The first-order chi connectivity index (χ1) is 13.7. The number of anilines is 2. The normalized spacial score (nSPS) is 10.6. The Kier molecular flexibility index (Phi) is 5.26. The first kappa shape index (κ1) is 18.1. The molecule has 4 aromatic rings. The molecule has 0 unspecified atom stereocenters. The number of ether oxygens (including phenoxy) is 2. The van der Waals surface area contributed by atoms with Crippen LogP contribution in [0.5, 0.6) is 11.5 Å². The molecule has 0 spiro atoms. The molecule has 0 aliphatic heterocycles. The van der Waals surface area contributed by atoms with Crippen molar-refractivity contribution >= 4 is 34.1 Å². The summed E-state index contributed by atoms with van der Waals surface area (Å²) in [6.07, 6.45) is 1.79. The van der Waals surface area contributed by atoms with E-state index < -0.39 is 0 Å². The smallest absolute Gasteiger partial charge is 0.227 e. The average molecular weight is 392 g/mol. The van der Waals surface area contributed by atoms with Gasteiger partial charge < -0.3 is 14.8 Å². The third-order valence-electron chi connectivity index (χ3n) is 4.25. The van der Waals surface area contributed by atoms with Crippen LogP contribution in [0, 0.1) is 0 Å². The minimum atomic E-state index is 0.365. The SMILES string of the molecule is COc1ccccc1COc1ccc(Nc2ncc3ccccc3n2)cc1Cl. The Morgan fingerprint density at radius 2 is 1.79 bits per heavy atom. The number of fused-ring (bicyclic) bond motifs is 1. The Morgan fingerprint density at radius 3 is 2.64 bits per heavy atom. The van der Waals surface area contributed by atoms with Gasteiger partial charge in [0.2, 0.25) is 5.95 Å². The van der Waals surface area contributed by atoms with Crippen molar-refractivity contribution in [1.29, 1.82) is 0 Å². The lowest BCUT2D eigenvalue weighted by Gasteiger charge is -2.12. The Bertz CT molecular complexity index is 1120. The Hall–Kier alpha value is -3.31. The zero-order valence-corrected chi connectivity index (χ0v) is 16.0. The molecule has 1 aromatic heterocycles. The Morgan fingerprint density at radius 1 is 0.964 bits per heavy atom. The van der Waals surface area contributed by atoms with Gasteiger partial charge in [-0.2, -0.15) is 0 Å². The molecule has 3 aromatic carbocycles. The highest BCUT2D eigenvalue weighted by Crippen LogP contribution is 2.30. The maximum absolute atomic E-state index is 6.39. The third-order valence-corrected chi connectivity index (χ3v) is 4.55. The highest BCUT2D eigenvalue weighted by Gasteiger charge is 2.08. The lowest BCUT2D eigenvalue weighted by atomic mass is 10.2. The quantitative estimate of drug-likeness (QED) is 0.462. The molecule has 0 saturated heterocycles. The van der Waals surface area contributed by atoms with E-state index in [4.69, 9.17) is 21.1 Å². The summed E-state index contributed by atoms with van der Waals surface area (Å²) in [6.45, 7) is 0.365. The Balaban J connectivity index is 1.47. The largest absolute Gasteiger partial charge is 0.496 e. The number of rotatable bonds is 6. The lowest BCUT2D eigenvalue weighted by Crippen LogP contribution is -2.00. The fraction of sp³-hybridized carbons (Fsp3) is 0.0909. The second-order valence-electron chi connectivity index (χ2n) is 6.12. The topological polar surface area (TPSA) is 56.3 Å². The van der Waals surface area contributed by atoms with Crippen LogP contribution in [-0.2, 0) is 6.61 Å². The van der Waals surface area contributed by atoms with E-state index in [1.54, 1.807) is 19.4 Å². The fourth-order valence-corrected chi connectivity index (χ4v) is 3.07. The van der Waals surface area contributed by atoms with Gasteiger partial charge in [0.15, 0.2) is 0 Å². The molecular formula is C22H18ClN3O2. The van der Waals surface area contributed by atoms with Gasteiger partial charge in [-0.15, -0.1) is 0 Å². The predicted octanol–water partition coefficient (Wildman–Crippen LogP) is 5.61. The maximum Gasteiger partial charge on any atom is 0.227 e. The molecule has 28 heavy (non-hydrogen) atoms. The number of para-hydroxylation sites is 2. The van der Waals surface area contributed by atoms with Crippen LogP contribution in [0.1, 0.15) is 5.56 Å². The summed E-state index contributed by atoms with van der Waals surface area (Å²) in [6, 6.07) is 21.0. The molecule has 0 bridgehead atoms. The first-order valence-corrected chi connectivity index (χ1v) is 9.14. The molecule has 0 radical (unpaired) electrons. The Labute approximate surface area is 167 Å². The zero-order valence-electron chi connectivity index (χ0n) is 15.2. The number of nitrogens with zero attached hydrogens (tertiary/aromatic N) is 2. The second-order valence-corrected chi connectivity index (χ2v) is 6.53. The number of hydrogen-bond donors (Lipinski definition) is 1. The van der Waals surface area contributed by atoms with Gasteiger partial charge in [-0.1, -0.05) is 48.0 Å². The van der Waals surface area contributed by atoms with Crippen LogP contribution in [0.2, 0.25) is 5.02 Å². The van der Waals surface area contributed by atoms with E-state index >= 15 is 0 Å². The van der Waals surface area contributed by atoms with Crippen molar-refractivity contribution in [3.63, 3.8) is 0 Å². The number of hydrogen-bond acceptors (Lipinski definition) is 5. The van der Waals surface area contributed by atoms with Crippen molar-refractivity contribution in [3.05, 3.63) is 83.5 Å².